The minimum absolute atomic E-state index is 0.254. The van der Waals surface area contributed by atoms with Crippen LogP contribution in [0.25, 0.3) is 167 Å². The highest BCUT2D eigenvalue weighted by Crippen LogP contribution is 2.43. The van der Waals surface area contributed by atoms with Gasteiger partial charge in [-0.2, -0.15) is 22.8 Å². The van der Waals surface area contributed by atoms with E-state index in [1.807, 2.05) is 31.7 Å². The number of para-hydroxylation sites is 5. The first-order valence-electron chi connectivity index (χ1n) is 53.1. The topological polar surface area (TPSA) is 83.8 Å². The lowest BCUT2D eigenvalue weighted by Gasteiger charge is -2.18. The highest BCUT2D eigenvalue weighted by atomic mass is 15.0. The fraction of sp³-hybridized carbons (Fsp3) is 0.275. The molecule has 20 aromatic rings. The molecule has 10 aromatic heterocycles. The number of aromatic nitrogens is 10. The smallest absolute Gasteiger partial charge is 0.213 e. The molecule has 1 saturated carbocycles. The van der Waals surface area contributed by atoms with Crippen molar-refractivity contribution in [3.05, 3.63) is 415 Å². The van der Waals surface area contributed by atoms with Crippen molar-refractivity contribution in [2.45, 2.75) is 210 Å². The molecule has 10 heterocycles. The number of rotatable bonds is 15. The van der Waals surface area contributed by atoms with E-state index >= 15 is 0 Å². The Kier molecular flexibility index (Phi) is 31.3. The lowest BCUT2D eigenvalue weighted by molar-refractivity contribution is -0.633. The molecule has 0 spiro atoms. The normalized spacial score (nSPS) is 12.1. The van der Waals surface area contributed by atoms with Gasteiger partial charge >= 0.3 is 0 Å². The molecule has 0 unspecified atom stereocenters. The number of aryl methyl sites for hydroxylation is 16. The second-order valence-corrected chi connectivity index (χ2v) is 44.1. The van der Waals surface area contributed by atoms with E-state index < -0.39 is 0 Å². The van der Waals surface area contributed by atoms with Gasteiger partial charge in [0.1, 0.15) is 35.2 Å². The summed E-state index contributed by atoms with van der Waals surface area (Å²) < 4.78 is 11.6. The van der Waals surface area contributed by atoms with E-state index in [9.17, 15) is 0 Å². The fourth-order valence-corrected chi connectivity index (χ4v) is 22.2. The molecule has 0 atom stereocenters. The van der Waals surface area contributed by atoms with E-state index in [2.05, 4.69) is 495 Å². The third-order valence-corrected chi connectivity index (χ3v) is 30.8. The summed E-state index contributed by atoms with van der Waals surface area (Å²) in [5.41, 5.74) is 56.3. The van der Waals surface area contributed by atoms with Gasteiger partial charge in [-0.1, -0.05) is 210 Å². The minimum Gasteiger partial charge on any atom is -0.261 e. The molecule has 10 heteroatoms. The van der Waals surface area contributed by atoms with Crippen molar-refractivity contribution in [3.63, 3.8) is 0 Å². The molecule has 746 valence electrons. The van der Waals surface area contributed by atoms with E-state index in [0.717, 1.165) is 46.9 Å². The van der Waals surface area contributed by atoms with Gasteiger partial charge in [0.2, 0.25) is 56.1 Å². The molecule has 10 aromatic carbocycles. The van der Waals surface area contributed by atoms with E-state index in [1.165, 1.54) is 270 Å². The number of hydrogen-bond donors (Lipinski definition) is 0. The van der Waals surface area contributed by atoms with Crippen LogP contribution in [-0.2, 0) is 48.1 Å². The summed E-state index contributed by atoms with van der Waals surface area (Å²) in [6, 6.07) is 99.5. The van der Waals surface area contributed by atoms with Crippen molar-refractivity contribution in [3.8, 4) is 112 Å². The van der Waals surface area contributed by atoms with Gasteiger partial charge in [-0.15, -0.1) is 0 Å². The number of nitrogens with zero attached hydrogens (tertiary/aromatic N) is 10. The summed E-state index contributed by atoms with van der Waals surface area (Å²) in [5.74, 6) is 1.81. The Morgan fingerprint density at radius 3 is 0.838 bits per heavy atom. The lowest BCUT2D eigenvalue weighted by Crippen LogP contribution is -2.32. The minimum atomic E-state index is 0.254. The van der Waals surface area contributed by atoms with Crippen LogP contribution in [0.5, 0.6) is 0 Å². The Morgan fingerprint density at radius 1 is 0.277 bits per heavy atom. The van der Waals surface area contributed by atoms with Crippen LogP contribution in [-0.4, -0.2) is 24.9 Å². The van der Waals surface area contributed by atoms with Crippen LogP contribution in [0.2, 0.25) is 0 Å². The predicted octanol–water partition coefficient (Wildman–Crippen LogP) is 32.5. The maximum absolute atomic E-state index is 4.96. The number of fused-ring (bicyclic) bond motifs is 5. The summed E-state index contributed by atoms with van der Waals surface area (Å²) in [6.45, 7) is 50.7. The van der Waals surface area contributed by atoms with Crippen molar-refractivity contribution >= 4 is 54.5 Å². The monoisotopic (exact) mass is 1950 g/mol. The number of benzene rings is 10. The maximum atomic E-state index is 4.96. The van der Waals surface area contributed by atoms with Gasteiger partial charge in [-0.05, 0) is 329 Å². The Labute approximate surface area is 880 Å². The van der Waals surface area contributed by atoms with Gasteiger partial charge < -0.3 is 0 Å². The van der Waals surface area contributed by atoms with Crippen molar-refractivity contribution < 1.29 is 22.8 Å². The van der Waals surface area contributed by atoms with Crippen molar-refractivity contribution in [2.75, 3.05) is 0 Å². The fourth-order valence-electron chi connectivity index (χ4n) is 22.2. The Morgan fingerprint density at radius 2 is 0.568 bits per heavy atom. The van der Waals surface area contributed by atoms with Crippen LogP contribution >= 0.6 is 0 Å². The second-order valence-electron chi connectivity index (χ2n) is 44.1. The van der Waals surface area contributed by atoms with Gasteiger partial charge in [0.05, 0.1) is 49.7 Å². The van der Waals surface area contributed by atoms with Crippen LogP contribution in [0.3, 0.4) is 0 Å². The van der Waals surface area contributed by atoms with E-state index in [-0.39, 0.29) is 5.41 Å². The third-order valence-electron chi connectivity index (χ3n) is 30.8. The molecule has 1 aliphatic rings. The molecule has 0 bridgehead atoms. The lowest BCUT2D eigenvalue weighted by atomic mass is 9.88. The largest absolute Gasteiger partial charge is 0.261 e. The average Bonchev–Trinajstić information content (AvgIpc) is 0.788. The first-order chi connectivity index (χ1) is 70.8. The van der Waals surface area contributed by atoms with Crippen molar-refractivity contribution in [2.24, 2.45) is 46.6 Å². The molecule has 0 amide bonds. The SMILES string of the molecule is Cc1cc(C)c(C)c(-c2cc(-c3ccc(C(C)C)cn3)c3ccccc3[n+]2C)c1.Cc1cc(C)c(C)c(-c2cc(-c3ccc(C)nc3)c3ccccc3[n+]2C)c1.Cc1cc(C)c(C)c(-c2cc(-c3ccc(C4CCCC4)cn3)c3ccccc3[n+]2C)c1.Cc1cc(C)c(C)c(-c2cc(-c3ccc(CC(C)(C)C)cn3)c3ccccc3[n+]2C)c1.Cc1cc(C)c(C)c(-c2cc(-c3ccc(CC(C)C)cn3)c3ccccc3[n+]2C)c1. The highest BCUT2D eigenvalue weighted by Gasteiger charge is 2.30. The van der Waals surface area contributed by atoms with E-state index in [0.29, 0.717) is 17.8 Å². The molecule has 0 aliphatic heterocycles. The molecular formula is C138H149N10+5. The highest BCUT2D eigenvalue weighted by molar-refractivity contribution is 5.99. The van der Waals surface area contributed by atoms with Gasteiger partial charge in [-0.3, -0.25) is 24.9 Å². The van der Waals surface area contributed by atoms with Crippen LogP contribution in [0.15, 0.2) is 304 Å². The molecule has 0 radical (unpaired) electrons. The zero-order chi connectivity index (χ0) is 105. The molecule has 1 aliphatic carbocycles. The summed E-state index contributed by atoms with van der Waals surface area (Å²) in [5, 5.41) is 6.18. The predicted molar refractivity (Wildman–Crippen MR) is 622 cm³/mol. The standard InChI is InChI=1S/C29H31N2.C29H33N2.C28H31N2.C27H29N2.C25H25N2/c1-19-15-20(2)21(3)25(16-19)29-17-26(24-11-7-8-12-28(24)31(29)4)27-14-13-23(18-30-27)22-9-5-6-10-22;1-19-14-20(2)21(3)24(15-19)28-16-25(23-10-8-9-11-27(23)31(28)7)26-13-12-22(18-30-26)17-29(4,5)6;1-18(2)13-22-11-12-26(29-17-22)25-16-28(24-15-19(3)14-20(4)21(24)5)30(6)27-10-8-7-9-23(25)27;1-17(2)21-11-12-25(28-16-21)24-15-27(23-14-18(3)13-19(4)20(23)5)29(6)26-10-8-7-9-22(24)26;1-16-12-17(2)19(4)22(13-16)25-14-23(20-11-10-18(3)26-15-20)21-8-6-7-9-24(21)27(25)5/h7-8,11-18,22H,5-6,9-10H2,1-4H3;8-16,18H,17H2,1-7H3;7-12,14-18H,13H2,1-6H3;7-17H,1-6H3;6-15H,1-5H3/q5*+1. The summed E-state index contributed by atoms with van der Waals surface area (Å²) in [6.07, 6.45) is 17.6. The zero-order valence-corrected chi connectivity index (χ0v) is 92.8. The Hall–Kier alpha value is -15.0. The number of pyridine rings is 10. The first-order valence-corrected chi connectivity index (χ1v) is 53.1. The second kappa shape index (κ2) is 44.4. The van der Waals surface area contributed by atoms with E-state index in [1.54, 1.807) is 0 Å². The maximum Gasteiger partial charge on any atom is 0.213 e. The molecule has 1 fully saturated rings. The van der Waals surface area contributed by atoms with Gasteiger partial charge in [0.25, 0.3) is 0 Å². The van der Waals surface area contributed by atoms with Crippen LogP contribution in [0, 0.1) is 122 Å². The summed E-state index contributed by atoms with van der Waals surface area (Å²) >= 11 is 0. The number of hydrogen-bond acceptors (Lipinski definition) is 5. The molecule has 10 nitrogen and oxygen atoms in total. The molecule has 0 N–H and O–H groups in total. The first kappa shape index (κ1) is 104. The summed E-state index contributed by atoms with van der Waals surface area (Å²) in [7, 11) is 10.8. The van der Waals surface area contributed by atoms with E-state index in [4.69, 9.17) is 19.9 Å². The van der Waals surface area contributed by atoms with Crippen molar-refractivity contribution in [1.29, 1.82) is 0 Å². The van der Waals surface area contributed by atoms with Crippen molar-refractivity contribution in [1.82, 2.24) is 24.9 Å². The van der Waals surface area contributed by atoms with Gasteiger partial charge in [0.15, 0.2) is 0 Å². The molecule has 148 heavy (non-hydrogen) atoms. The molecule has 21 rings (SSSR count). The third kappa shape index (κ3) is 22.5. The quantitative estimate of drug-likeness (QED) is 0.0955. The Balaban J connectivity index is 0.000000126. The zero-order valence-electron chi connectivity index (χ0n) is 92.8. The van der Waals surface area contributed by atoms with Crippen LogP contribution < -0.4 is 22.8 Å². The average molecular weight is 1950 g/mol. The van der Waals surface area contributed by atoms with Gasteiger partial charge in [-0.25, -0.2) is 0 Å². The molecule has 0 saturated heterocycles. The summed E-state index contributed by atoms with van der Waals surface area (Å²) in [4.78, 5) is 24.1. The van der Waals surface area contributed by atoms with Crippen LogP contribution in [0.4, 0.5) is 0 Å². The molecular weight excluding hydrogens is 1800 g/mol. The van der Waals surface area contributed by atoms with Gasteiger partial charge in [0, 0.05) is 159 Å². The Bertz CT molecular complexity index is 8380. The van der Waals surface area contributed by atoms with Crippen LogP contribution in [0.1, 0.15) is 197 Å².